The molecule has 7 heteroatoms. The predicted molar refractivity (Wildman–Crippen MR) is 106 cm³/mol. The first-order chi connectivity index (χ1) is 13.4. The number of carbonyl (C=O) groups excluding carboxylic acids is 2. The quantitative estimate of drug-likeness (QED) is 0.784. The second-order valence-corrected chi connectivity index (χ2v) is 7.27. The van der Waals surface area contributed by atoms with Crippen LogP contribution in [0.15, 0.2) is 29.5 Å². The predicted octanol–water partition coefficient (Wildman–Crippen LogP) is 2.15. The van der Waals surface area contributed by atoms with Crippen molar-refractivity contribution < 1.29 is 19.1 Å². The Morgan fingerprint density at radius 1 is 1.29 bits per heavy atom. The van der Waals surface area contributed by atoms with Crippen molar-refractivity contribution in [2.45, 2.75) is 26.8 Å². The summed E-state index contributed by atoms with van der Waals surface area (Å²) in [5, 5.41) is 2.99. The first-order valence-electron chi connectivity index (χ1n) is 9.74. The average molecular weight is 387 g/mol. The summed E-state index contributed by atoms with van der Waals surface area (Å²) in [6.45, 7) is 9.40. The molecule has 1 aromatic rings. The summed E-state index contributed by atoms with van der Waals surface area (Å²) in [6.07, 6.45) is 0. The summed E-state index contributed by atoms with van der Waals surface area (Å²) in [4.78, 5) is 29.5. The molecule has 0 spiro atoms. The second-order valence-electron chi connectivity index (χ2n) is 7.27. The van der Waals surface area contributed by atoms with Gasteiger partial charge in [-0.15, -0.1) is 0 Å². The molecule has 2 aliphatic rings. The van der Waals surface area contributed by atoms with E-state index in [1.165, 1.54) is 4.90 Å². The Morgan fingerprint density at radius 2 is 2.00 bits per heavy atom. The highest BCUT2D eigenvalue weighted by Crippen LogP contribution is 2.33. The minimum atomic E-state index is -0.529. The Bertz CT molecular complexity index is 784. The summed E-state index contributed by atoms with van der Waals surface area (Å²) in [5.41, 5.74) is 4.21. The van der Waals surface area contributed by atoms with Gasteiger partial charge in [0.2, 0.25) is 0 Å². The number of carbonyl (C=O) groups is 2. The lowest BCUT2D eigenvalue weighted by Crippen LogP contribution is -2.50. The molecular weight excluding hydrogens is 358 g/mol. The lowest BCUT2D eigenvalue weighted by Gasteiger charge is -2.38. The number of urea groups is 1. The second kappa shape index (κ2) is 8.75. The maximum atomic E-state index is 13.0. The fourth-order valence-corrected chi connectivity index (χ4v) is 3.67. The van der Waals surface area contributed by atoms with E-state index in [9.17, 15) is 9.59 Å². The molecule has 0 aromatic heterocycles. The molecule has 3 rings (SSSR count). The van der Waals surface area contributed by atoms with Crippen LogP contribution in [0.4, 0.5) is 4.79 Å². The molecule has 1 aromatic carbocycles. The molecule has 28 heavy (non-hydrogen) atoms. The molecule has 2 aliphatic heterocycles. The normalized spacial score (nSPS) is 20.9. The molecule has 0 aliphatic carbocycles. The molecule has 1 fully saturated rings. The van der Waals surface area contributed by atoms with Crippen LogP contribution < -0.4 is 5.32 Å². The van der Waals surface area contributed by atoms with Crippen LogP contribution >= 0.6 is 0 Å². The summed E-state index contributed by atoms with van der Waals surface area (Å²) >= 11 is 0. The molecule has 7 nitrogen and oxygen atoms in total. The fraction of sp³-hybridized carbons (Fsp3) is 0.524. The number of morpholine rings is 1. The van der Waals surface area contributed by atoms with Crippen LogP contribution in [0.3, 0.4) is 0 Å². The van der Waals surface area contributed by atoms with Gasteiger partial charge < -0.3 is 14.8 Å². The molecule has 0 bridgehead atoms. The topological polar surface area (TPSA) is 71.1 Å². The Labute approximate surface area is 166 Å². The van der Waals surface area contributed by atoms with Crippen molar-refractivity contribution in [3.63, 3.8) is 0 Å². The van der Waals surface area contributed by atoms with Gasteiger partial charge in [-0.25, -0.2) is 9.59 Å². The highest BCUT2D eigenvalue weighted by atomic mass is 16.5. The van der Waals surface area contributed by atoms with Crippen LogP contribution in [-0.2, 0) is 14.3 Å². The minimum absolute atomic E-state index is 0.220. The smallest absolute Gasteiger partial charge is 0.338 e. The van der Waals surface area contributed by atoms with Gasteiger partial charge in [0.1, 0.15) is 0 Å². The molecule has 1 unspecified atom stereocenters. The summed E-state index contributed by atoms with van der Waals surface area (Å²) < 4.78 is 10.8. The van der Waals surface area contributed by atoms with Gasteiger partial charge in [-0.1, -0.05) is 23.8 Å². The van der Waals surface area contributed by atoms with E-state index in [1.54, 1.807) is 14.0 Å². The van der Waals surface area contributed by atoms with Gasteiger partial charge in [0.15, 0.2) is 0 Å². The van der Waals surface area contributed by atoms with Crippen molar-refractivity contribution in [1.82, 2.24) is 15.1 Å². The molecule has 2 heterocycles. The lowest BCUT2D eigenvalue weighted by atomic mass is 9.90. The number of ether oxygens (including phenoxy) is 2. The molecule has 0 radical (unpaired) electrons. The number of nitrogens with one attached hydrogen (secondary N) is 1. The zero-order chi connectivity index (χ0) is 20.3. The zero-order valence-corrected chi connectivity index (χ0v) is 17.1. The molecule has 152 valence electrons. The third-order valence-electron chi connectivity index (χ3n) is 5.30. The Morgan fingerprint density at radius 3 is 2.68 bits per heavy atom. The van der Waals surface area contributed by atoms with Crippen molar-refractivity contribution in [3.8, 4) is 0 Å². The van der Waals surface area contributed by atoms with Crippen molar-refractivity contribution >= 4 is 12.0 Å². The first kappa shape index (κ1) is 20.4. The molecule has 1 atom stereocenters. The van der Waals surface area contributed by atoms with Crippen LogP contribution in [0.2, 0.25) is 0 Å². The summed E-state index contributed by atoms with van der Waals surface area (Å²) in [7, 11) is 1.70. The van der Waals surface area contributed by atoms with E-state index >= 15 is 0 Å². The van der Waals surface area contributed by atoms with Crippen LogP contribution in [0.1, 0.15) is 29.7 Å². The largest absolute Gasteiger partial charge is 0.463 e. The van der Waals surface area contributed by atoms with Gasteiger partial charge in [0.25, 0.3) is 0 Å². The van der Waals surface area contributed by atoms with Crippen molar-refractivity contribution in [1.29, 1.82) is 0 Å². The van der Waals surface area contributed by atoms with Crippen molar-refractivity contribution in [2.75, 3.05) is 46.5 Å². The molecule has 2 amide bonds. The van der Waals surface area contributed by atoms with E-state index < -0.39 is 6.04 Å². The molecule has 0 saturated carbocycles. The van der Waals surface area contributed by atoms with Gasteiger partial charge in [-0.3, -0.25) is 9.80 Å². The molecular formula is C21H29N3O4. The Balaban J connectivity index is 2.09. The van der Waals surface area contributed by atoms with Gasteiger partial charge in [-0.05, 0) is 31.9 Å². The number of esters is 1. The lowest BCUT2D eigenvalue weighted by molar-refractivity contribution is -0.139. The van der Waals surface area contributed by atoms with Gasteiger partial charge in [0.05, 0.1) is 31.4 Å². The van der Waals surface area contributed by atoms with E-state index in [1.807, 2.05) is 32.0 Å². The summed E-state index contributed by atoms with van der Waals surface area (Å²) in [5.74, 6) is -0.386. The van der Waals surface area contributed by atoms with E-state index in [-0.39, 0.29) is 18.6 Å². The maximum Gasteiger partial charge on any atom is 0.338 e. The van der Waals surface area contributed by atoms with Crippen molar-refractivity contribution in [2.24, 2.45) is 0 Å². The van der Waals surface area contributed by atoms with Gasteiger partial charge >= 0.3 is 12.0 Å². The molecule has 1 N–H and O–H groups in total. The molecule has 1 saturated heterocycles. The third-order valence-corrected chi connectivity index (χ3v) is 5.30. The number of amides is 2. The first-order valence-corrected chi connectivity index (χ1v) is 9.74. The Kier molecular flexibility index (Phi) is 6.36. The highest BCUT2D eigenvalue weighted by molar-refractivity contribution is 5.95. The zero-order valence-electron chi connectivity index (χ0n) is 17.1. The Hall–Kier alpha value is -2.38. The standard InChI is InChI=1S/C21H29N3O4/c1-5-28-20(25)18-17(13-24-8-10-27-11-9-24)23(4)21(26)22-19(18)16-12-14(2)6-7-15(16)3/h6-7,12,19H,5,8-11,13H2,1-4H3,(H,22,26). The van der Waals surface area contributed by atoms with E-state index in [4.69, 9.17) is 9.47 Å². The van der Waals surface area contributed by atoms with E-state index in [0.29, 0.717) is 31.0 Å². The fourth-order valence-electron chi connectivity index (χ4n) is 3.67. The third kappa shape index (κ3) is 4.20. The number of aryl methyl sites for hydroxylation is 2. The van der Waals surface area contributed by atoms with Crippen LogP contribution in [0.25, 0.3) is 0 Å². The number of hydrogen-bond donors (Lipinski definition) is 1. The van der Waals surface area contributed by atoms with Crippen LogP contribution in [-0.4, -0.2) is 68.3 Å². The number of hydrogen-bond acceptors (Lipinski definition) is 5. The number of nitrogens with zero attached hydrogens (tertiary/aromatic N) is 2. The van der Waals surface area contributed by atoms with Gasteiger partial charge in [0, 0.05) is 32.4 Å². The van der Waals surface area contributed by atoms with E-state index in [2.05, 4.69) is 10.2 Å². The SMILES string of the molecule is CCOC(=O)C1=C(CN2CCOCC2)N(C)C(=O)NC1c1cc(C)ccc1C. The van der Waals surface area contributed by atoms with Gasteiger partial charge in [-0.2, -0.15) is 0 Å². The summed E-state index contributed by atoms with van der Waals surface area (Å²) in [6, 6.07) is 5.32. The van der Waals surface area contributed by atoms with Crippen LogP contribution in [0, 0.1) is 13.8 Å². The minimum Gasteiger partial charge on any atom is -0.463 e. The number of benzene rings is 1. The number of likely N-dealkylation sites (N-methyl/N-ethyl adjacent to an activating group) is 1. The van der Waals surface area contributed by atoms with Crippen molar-refractivity contribution in [3.05, 3.63) is 46.2 Å². The monoisotopic (exact) mass is 387 g/mol. The average Bonchev–Trinajstić information content (AvgIpc) is 2.68. The highest BCUT2D eigenvalue weighted by Gasteiger charge is 2.38. The van der Waals surface area contributed by atoms with Crippen LogP contribution in [0.5, 0.6) is 0 Å². The van der Waals surface area contributed by atoms with E-state index in [0.717, 1.165) is 29.8 Å². The number of rotatable bonds is 5. The maximum absolute atomic E-state index is 13.0.